The molecule has 0 unspecified atom stereocenters. The molecule has 0 spiro atoms. The van der Waals surface area contributed by atoms with Gasteiger partial charge in [-0.3, -0.25) is 14.4 Å². The highest BCUT2D eigenvalue weighted by Crippen LogP contribution is 2.38. The number of hydrogen-bond acceptors (Lipinski definition) is 5. The summed E-state index contributed by atoms with van der Waals surface area (Å²) in [6.45, 7) is 3.74. The van der Waals surface area contributed by atoms with Crippen molar-refractivity contribution < 1.29 is 0 Å². The van der Waals surface area contributed by atoms with Crippen LogP contribution in [0.1, 0.15) is 43.0 Å². The Balaban J connectivity index is 1.34. The molecule has 2 fully saturated rings. The monoisotopic (exact) mass is 328 g/mol. The second-order valence-electron chi connectivity index (χ2n) is 7.12. The molecule has 0 radical (unpaired) electrons. The lowest BCUT2D eigenvalue weighted by atomic mass is 9.96. The van der Waals surface area contributed by atoms with E-state index in [4.69, 9.17) is 0 Å². The summed E-state index contributed by atoms with van der Waals surface area (Å²) in [4.78, 5) is 14.5. The minimum absolute atomic E-state index is 0.0304. The molecule has 7 nitrogen and oxygen atoms in total. The van der Waals surface area contributed by atoms with E-state index < -0.39 is 0 Å². The number of rotatable bonds is 5. The van der Waals surface area contributed by atoms with Crippen LogP contribution in [0.3, 0.4) is 0 Å². The molecule has 4 rings (SSSR count). The van der Waals surface area contributed by atoms with Crippen LogP contribution in [0.2, 0.25) is 0 Å². The number of aromatic nitrogens is 5. The van der Waals surface area contributed by atoms with Gasteiger partial charge >= 0.3 is 0 Å². The second-order valence-corrected chi connectivity index (χ2v) is 7.12. The number of hydrogen-bond donors (Lipinski definition) is 0. The van der Waals surface area contributed by atoms with Crippen LogP contribution >= 0.6 is 0 Å². The van der Waals surface area contributed by atoms with E-state index in [0.29, 0.717) is 11.8 Å². The average Bonchev–Trinajstić information content (AvgIpc) is 3.36. The van der Waals surface area contributed by atoms with Crippen molar-refractivity contribution in [2.24, 2.45) is 13.0 Å². The minimum Gasteiger partial charge on any atom is -0.297 e. The molecule has 2 aliphatic rings. The van der Waals surface area contributed by atoms with Gasteiger partial charge in [0.2, 0.25) is 0 Å². The molecule has 7 heteroatoms. The summed E-state index contributed by atoms with van der Waals surface area (Å²) in [7, 11) is 1.93. The third-order valence-electron chi connectivity index (χ3n) is 5.21. The first-order valence-electron chi connectivity index (χ1n) is 8.83. The Labute approximate surface area is 141 Å². The van der Waals surface area contributed by atoms with Gasteiger partial charge in [0.25, 0.3) is 5.56 Å². The summed E-state index contributed by atoms with van der Waals surface area (Å²) in [6, 6.07) is 3.59. The maximum absolute atomic E-state index is 12.1. The fourth-order valence-corrected chi connectivity index (χ4v) is 3.45. The van der Waals surface area contributed by atoms with Gasteiger partial charge in [-0.25, -0.2) is 4.68 Å². The zero-order valence-corrected chi connectivity index (χ0v) is 14.1. The zero-order chi connectivity index (χ0) is 16.5. The molecule has 0 bridgehead atoms. The normalized spacial score (nSPS) is 19.7. The van der Waals surface area contributed by atoms with Gasteiger partial charge in [-0.2, -0.15) is 5.10 Å². The lowest BCUT2D eigenvalue weighted by Crippen LogP contribution is -2.36. The molecule has 3 heterocycles. The van der Waals surface area contributed by atoms with Crippen molar-refractivity contribution in [3.8, 4) is 0 Å². The quantitative estimate of drug-likeness (QED) is 0.824. The molecular weight excluding hydrogens is 304 g/mol. The molecule has 0 aromatic carbocycles. The van der Waals surface area contributed by atoms with Crippen LogP contribution in [0.15, 0.2) is 23.1 Å². The van der Waals surface area contributed by atoms with Crippen LogP contribution in [0.25, 0.3) is 0 Å². The Morgan fingerprint density at radius 3 is 2.62 bits per heavy atom. The van der Waals surface area contributed by atoms with Crippen molar-refractivity contribution in [3.63, 3.8) is 0 Å². The van der Waals surface area contributed by atoms with E-state index in [1.807, 2.05) is 24.0 Å². The highest BCUT2D eigenvalue weighted by Gasteiger charge is 2.26. The first-order valence-corrected chi connectivity index (χ1v) is 8.83. The summed E-state index contributed by atoms with van der Waals surface area (Å²) in [5.74, 6) is 1.12. The van der Waals surface area contributed by atoms with E-state index in [0.717, 1.165) is 50.4 Å². The predicted octanol–water partition coefficient (Wildman–Crippen LogP) is 1.16. The summed E-state index contributed by atoms with van der Waals surface area (Å²) in [5.41, 5.74) is 2.27. The van der Waals surface area contributed by atoms with E-state index in [-0.39, 0.29) is 5.56 Å². The van der Waals surface area contributed by atoms with Crippen LogP contribution in [0.5, 0.6) is 0 Å². The van der Waals surface area contributed by atoms with Crippen molar-refractivity contribution in [3.05, 3.63) is 40.1 Å². The lowest BCUT2D eigenvalue weighted by Gasteiger charge is -2.31. The van der Waals surface area contributed by atoms with Gasteiger partial charge in [0.05, 0.1) is 17.6 Å². The van der Waals surface area contributed by atoms with Crippen LogP contribution in [0.4, 0.5) is 0 Å². The van der Waals surface area contributed by atoms with E-state index in [9.17, 15) is 4.79 Å². The molecule has 1 aliphatic heterocycles. The SMILES string of the molecule is Cn1nncc1CN1CCC(Cn2nc(C3CC3)ccc2=O)CC1. The molecule has 0 atom stereocenters. The molecule has 0 amide bonds. The van der Waals surface area contributed by atoms with Crippen molar-refractivity contribution in [2.45, 2.75) is 44.7 Å². The maximum atomic E-state index is 12.1. The molecule has 2 aromatic rings. The fraction of sp³-hybridized carbons (Fsp3) is 0.647. The lowest BCUT2D eigenvalue weighted by molar-refractivity contribution is 0.160. The number of aryl methyl sites for hydroxylation is 1. The van der Waals surface area contributed by atoms with Crippen molar-refractivity contribution in [2.75, 3.05) is 13.1 Å². The minimum atomic E-state index is 0.0304. The Kier molecular flexibility index (Phi) is 4.18. The van der Waals surface area contributed by atoms with Gasteiger partial charge in [-0.05, 0) is 50.8 Å². The first-order chi connectivity index (χ1) is 11.7. The summed E-state index contributed by atoms with van der Waals surface area (Å²) >= 11 is 0. The molecule has 24 heavy (non-hydrogen) atoms. The van der Waals surface area contributed by atoms with E-state index in [1.54, 1.807) is 10.7 Å². The van der Waals surface area contributed by atoms with Crippen LogP contribution in [-0.2, 0) is 20.1 Å². The first kappa shape index (κ1) is 15.5. The largest absolute Gasteiger partial charge is 0.297 e. The molecule has 128 valence electrons. The third-order valence-corrected chi connectivity index (χ3v) is 5.21. The fourth-order valence-electron chi connectivity index (χ4n) is 3.45. The van der Waals surface area contributed by atoms with Crippen molar-refractivity contribution >= 4 is 0 Å². The van der Waals surface area contributed by atoms with Gasteiger partial charge in [0, 0.05) is 32.1 Å². The van der Waals surface area contributed by atoms with Crippen LogP contribution in [-0.4, -0.2) is 42.8 Å². The standard InChI is InChI=1S/C17H24N6O/c1-21-15(10-18-20-21)12-22-8-6-13(7-9-22)11-23-17(24)5-4-16(19-23)14-2-3-14/h4-5,10,13-14H,2-3,6-9,11-12H2,1H3. The average molecular weight is 328 g/mol. The summed E-state index contributed by atoms with van der Waals surface area (Å²) in [6.07, 6.45) is 6.47. The van der Waals surface area contributed by atoms with Crippen LogP contribution < -0.4 is 5.56 Å². The van der Waals surface area contributed by atoms with Gasteiger partial charge in [0.15, 0.2) is 0 Å². The highest BCUT2D eigenvalue weighted by atomic mass is 16.1. The molecular formula is C17H24N6O. The zero-order valence-electron chi connectivity index (χ0n) is 14.1. The van der Waals surface area contributed by atoms with E-state index in [1.165, 1.54) is 12.8 Å². The number of likely N-dealkylation sites (tertiary alicyclic amines) is 1. The smallest absolute Gasteiger partial charge is 0.266 e. The third kappa shape index (κ3) is 3.40. The summed E-state index contributed by atoms with van der Waals surface area (Å²) < 4.78 is 3.53. The Morgan fingerprint density at radius 2 is 1.96 bits per heavy atom. The van der Waals surface area contributed by atoms with Gasteiger partial charge < -0.3 is 0 Å². The van der Waals surface area contributed by atoms with E-state index in [2.05, 4.69) is 20.3 Å². The van der Waals surface area contributed by atoms with Gasteiger partial charge in [0.1, 0.15) is 0 Å². The maximum Gasteiger partial charge on any atom is 0.266 e. The molecule has 1 saturated heterocycles. The van der Waals surface area contributed by atoms with Crippen LogP contribution in [0, 0.1) is 5.92 Å². The molecule has 1 aliphatic carbocycles. The topological polar surface area (TPSA) is 68.8 Å². The van der Waals surface area contributed by atoms with Crippen molar-refractivity contribution in [1.29, 1.82) is 0 Å². The highest BCUT2D eigenvalue weighted by molar-refractivity contribution is 5.12. The Bertz CT molecular complexity index is 754. The number of nitrogens with zero attached hydrogens (tertiary/aromatic N) is 6. The Morgan fingerprint density at radius 1 is 1.17 bits per heavy atom. The molecule has 2 aromatic heterocycles. The number of piperidine rings is 1. The predicted molar refractivity (Wildman–Crippen MR) is 89.5 cm³/mol. The van der Waals surface area contributed by atoms with E-state index >= 15 is 0 Å². The summed E-state index contributed by atoms with van der Waals surface area (Å²) in [5, 5.41) is 12.5. The second kappa shape index (κ2) is 6.47. The van der Waals surface area contributed by atoms with Gasteiger partial charge in [-0.1, -0.05) is 5.21 Å². The Hall–Kier alpha value is -2.02. The molecule has 0 N–H and O–H groups in total. The van der Waals surface area contributed by atoms with Gasteiger partial charge in [-0.15, -0.1) is 5.10 Å². The molecule has 1 saturated carbocycles. The van der Waals surface area contributed by atoms with Crippen molar-refractivity contribution in [1.82, 2.24) is 29.7 Å².